The monoisotopic (exact) mass is 580 g/mol. The normalized spacial score (nSPS) is 18.2. The number of carbonyl (C=O) groups excluding carboxylic acids is 1. The van der Waals surface area contributed by atoms with E-state index in [2.05, 4.69) is 4.18 Å². The summed E-state index contributed by atoms with van der Waals surface area (Å²) >= 11 is 1.16. The Labute approximate surface area is 214 Å². The van der Waals surface area contributed by atoms with Crippen LogP contribution in [0.4, 0.5) is 13.2 Å². The van der Waals surface area contributed by atoms with Gasteiger partial charge in [-0.1, -0.05) is 0 Å². The second-order valence-electron chi connectivity index (χ2n) is 7.84. The summed E-state index contributed by atoms with van der Waals surface area (Å²) in [6, 6.07) is 19.0. The standard InChI is InChI=1S/C24H20AsF3N2O5S/c1-30-21(31)23(29-22(30)25,16-8-4-3-5-9-16)17-10-6-7-15(13-17)19-14-18(34-2)11-12-20(19)35-36(32,33)24(26,27)28/h3-14H,25H2,1-2H3. The van der Waals surface area contributed by atoms with Gasteiger partial charge in [-0.15, -0.1) is 0 Å². The molecule has 3 aromatic rings. The van der Waals surface area contributed by atoms with Crippen LogP contribution in [-0.2, 0) is 20.5 Å². The van der Waals surface area contributed by atoms with Crippen LogP contribution < -0.4 is 8.92 Å². The summed E-state index contributed by atoms with van der Waals surface area (Å²) in [6.45, 7) is 0. The summed E-state index contributed by atoms with van der Waals surface area (Å²) < 4.78 is 72.8. The molecule has 0 fully saturated rings. The van der Waals surface area contributed by atoms with Crippen LogP contribution in [0.2, 0.25) is 0 Å². The van der Waals surface area contributed by atoms with Gasteiger partial charge in [-0.25, -0.2) is 0 Å². The molecule has 1 aliphatic rings. The van der Waals surface area contributed by atoms with Crippen molar-refractivity contribution in [2.45, 2.75) is 11.0 Å². The average molecular weight is 580 g/mol. The van der Waals surface area contributed by atoms with Gasteiger partial charge in [0, 0.05) is 0 Å². The molecule has 36 heavy (non-hydrogen) atoms. The number of rotatable bonds is 6. The Kier molecular flexibility index (Phi) is 6.65. The summed E-state index contributed by atoms with van der Waals surface area (Å²) in [4.78, 5) is 19.7. The van der Waals surface area contributed by atoms with Gasteiger partial charge in [0.25, 0.3) is 0 Å². The predicted molar refractivity (Wildman–Crippen MR) is 130 cm³/mol. The molecule has 2 atom stereocenters. The third kappa shape index (κ3) is 4.37. The molecule has 0 aliphatic carbocycles. The number of ether oxygens (including phenoxy) is 1. The van der Waals surface area contributed by atoms with Crippen LogP contribution in [0, 0.1) is 0 Å². The molecule has 0 spiro atoms. The summed E-state index contributed by atoms with van der Waals surface area (Å²) in [6.07, 6.45) is 0. The van der Waals surface area contributed by atoms with Crippen LogP contribution in [0.5, 0.6) is 11.5 Å². The fourth-order valence-electron chi connectivity index (χ4n) is 3.88. The minimum absolute atomic E-state index is 0.0240. The van der Waals surface area contributed by atoms with E-state index in [4.69, 9.17) is 9.73 Å². The maximum absolute atomic E-state index is 13.5. The van der Waals surface area contributed by atoms with E-state index in [9.17, 15) is 26.4 Å². The number of carbonyl (C=O) groups is 1. The topological polar surface area (TPSA) is 85.3 Å². The molecule has 0 aromatic heterocycles. The number of methoxy groups -OCH3 is 1. The zero-order valence-electron chi connectivity index (χ0n) is 19.0. The molecule has 1 amide bonds. The number of benzene rings is 3. The van der Waals surface area contributed by atoms with Gasteiger partial charge in [0.05, 0.1) is 0 Å². The molecule has 12 heteroatoms. The molecule has 188 valence electrons. The van der Waals surface area contributed by atoms with E-state index in [-0.39, 0.29) is 17.2 Å². The van der Waals surface area contributed by atoms with Crippen molar-refractivity contribution in [3.05, 3.63) is 83.9 Å². The van der Waals surface area contributed by atoms with Crippen LogP contribution in [0.1, 0.15) is 11.1 Å². The first-order valence-electron chi connectivity index (χ1n) is 10.4. The number of halogens is 3. The summed E-state index contributed by atoms with van der Waals surface area (Å²) in [5, 5.41) is 0. The van der Waals surface area contributed by atoms with E-state index in [1.807, 2.05) is 0 Å². The van der Waals surface area contributed by atoms with E-state index in [0.29, 0.717) is 21.3 Å². The number of alkyl halides is 3. The first-order chi connectivity index (χ1) is 16.9. The van der Waals surface area contributed by atoms with Crippen LogP contribution in [-0.4, -0.2) is 60.4 Å². The number of aliphatic imine (C=N–C) groups is 1. The number of amidine groups is 1. The van der Waals surface area contributed by atoms with Gasteiger partial charge in [0.2, 0.25) is 0 Å². The van der Waals surface area contributed by atoms with E-state index in [1.54, 1.807) is 61.6 Å². The van der Waals surface area contributed by atoms with Crippen LogP contribution in [0.3, 0.4) is 0 Å². The van der Waals surface area contributed by atoms with Crippen LogP contribution >= 0.6 is 0 Å². The fraction of sp³-hybridized carbons (Fsp3) is 0.167. The molecule has 4 rings (SSSR count). The summed E-state index contributed by atoms with van der Waals surface area (Å²) in [7, 11) is -2.95. The van der Waals surface area contributed by atoms with Crippen molar-refractivity contribution in [3.63, 3.8) is 0 Å². The van der Waals surface area contributed by atoms with Crippen molar-refractivity contribution < 1.29 is 35.3 Å². The molecule has 0 saturated heterocycles. The first-order valence-corrected chi connectivity index (χ1v) is 13.0. The summed E-state index contributed by atoms with van der Waals surface area (Å²) in [5.41, 5.74) is -5.66. The minimum atomic E-state index is -5.93. The predicted octanol–water partition coefficient (Wildman–Crippen LogP) is 3.30. The second-order valence-corrected chi connectivity index (χ2v) is 10.5. The third-order valence-electron chi connectivity index (χ3n) is 5.69. The van der Waals surface area contributed by atoms with Gasteiger partial charge in [0.15, 0.2) is 0 Å². The number of likely N-dealkylation sites (N-methyl/N-ethyl adjacent to an activating group) is 1. The third-order valence-corrected chi connectivity index (χ3v) is 7.74. The van der Waals surface area contributed by atoms with Gasteiger partial charge in [-0.2, -0.15) is 0 Å². The zero-order chi connectivity index (χ0) is 26.3. The van der Waals surface area contributed by atoms with Crippen LogP contribution in [0.15, 0.2) is 77.8 Å². The molecular weight excluding hydrogens is 560 g/mol. The Morgan fingerprint density at radius 3 is 2.22 bits per heavy atom. The molecule has 0 saturated carbocycles. The van der Waals surface area contributed by atoms with Crippen LogP contribution in [0.25, 0.3) is 11.1 Å². The van der Waals surface area contributed by atoms with E-state index >= 15 is 0 Å². The molecule has 2 unspecified atom stereocenters. The quantitative estimate of drug-likeness (QED) is 0.254. The van der Waals surface area contributed by atoms with Crippen molar-refractivity contribution in [2.75, 3.05) is 14.2 Å². The molecule has 1 aliphatic heterocycles. The van der Waals surface area contributed by atoms with Crippen molar-refractivity contribution in [3.8, 4) is 22.6 Å². The van der Waals surface area contributed by atoms with E-state index in [1.165, 1.54) is 24.1 Å². The fourth-order valence-corrected chi connectivity index (χ4v) is 5.00. The molecule has 0 bridgehead atoms. The van der Waals surface area contributed by atoms with Gasteiger partial charge < -0.3 is 0 Å². The van der Waals surface area contributed by atoms with Gasteiger partial charge in [0.1, 0.15) is 0 Å². The Balaban J connectivity index is 1.92. The van der Waals surface area contributed by atoms with Crippen molar-refractivity contribution in [1.82, 2.24) is 4.90 Å². The van der Waals surface area contributed by atoms with Crippen molar-refractivity contribution >= 4 is 37.5 Å². The van der Waals surface area contributed by atoms with E-state index in [0.717, 1.165) is 22.9 Å². The molecule has 3 aromatic carbocycles. The number of hydrogen-bond donors (Lipinski definition) is 0. The average Bonchev–Trinajstić information content (AvgIpc) is 3.08. The first kappa shape index (κ1) is 25.8. The van der Waals surface area contributed by atoms with Gasteiger partial charge in [-0.05, 0) is 0 Å². The summed E-state index contributed by atoms with van der Waals surface area (Å²) in [5.74, 6) is -0.581. The zero-order valence-corrected chi connectivity index (χ0v) is 22.2. The molecule has 1 heterocycles. The Morgan fingerprint density at radius 2 is 1.64 bits per heavy atom. The Bertz CT molecular complexity index is 1460. The maximum atomic E-state index is 13.5. The number of nitrogens with zero attached hydrogens (tertiary/aromatic N) is 2. The Hall–Kier alpha value is -3.30. The SMILES string of the molecule is COc1ccc(OS(=O)(=O)C(F)(F)F)c(-c2cccc(C3(c4ccccc4)N=C([AsH2])N(C)C3=O)c2)c1. The number of amides is 1. The van der Waals surface area contributed by atoms with Crippen molar-refractivity contribution in [2.24, 2.45) is 4.99 Å². The van der Waals surface area contributed by atoms with Gasteiger partial charge >= 0.3 is 214 Å². The molecule has 7 nitrogen and oxygen atoms in total. The van der Waals surface area contributed by atoms with Crippen molar-refractivity contribution in [1.29, 1.82) is 0 Å². The van der Waals surface area contributed by atoms with E-state index < -0.39 is 26.9 Å². The molecular formula is C24H20AsF3N2O5S. The molecule has 0 N–H and O–H groups in total. The second kappa shape index (κ2) is 9.29. The van der Waals surface area contributed by atoms with Gasteiger partial charge in [-0.3, -0.25) is 0 Å². The Morgan fingerprint density at radius 1 is 0.972 bits per heavy atom. The molecule has 0 radical (unpaired) electrons. The number of hydrogen-bond acceptors (Lipinski definition) is 6.